The Morgan fingerprint density at radius 1 is 0.291 bits per heavy atom. The van der Waals surface area contributed by atoms with Gasteiger partial charge < -0.3 is 4.42 Å². The normalized spacial score (nSPS) is 11.6. The Kier molecular flexibility index (Phi) is 7.14. The van der Waals surface area contributed by atoms with Gasteiger partial charge in [0.2, 0.25) is 0 Å². The molecule has 0 unspecified atom stereocenters. The van der Waals surface area contributed by atoms with Crippen LogP contribution in [0, 0.1) is 0 Å². The standard InChI is InChI=1S/C51H31N3O/c1-2-12-36(13-3-1)49-52-50(38-26-28-43-37(30-38)25-24-33-11-5-7-16-41(33)43)54-51(53-49)39-27-29-45-47(31-39)55-46-19-9-18-44(48(45)46)35-22-20-34(21-23-35)42-17-8-14-32-10-4-6-15-40(32)42/h1-31H. The van der Waals surface area contributed by atoms with Gasteiger partial charge in [-0.05, 0) is 78.8 Å². The van der Waals surface area contributed by atoms with Gasteiger partial charge in [-0.25, -0.2) is 15.0 Å². The van der Waals surface area contributed by atoms with Gasteiger partial charge in [0.05, 0.1) is 0 Å². The van der Waals surface area contributed by atoms with Crippen molar-refractivity contribution in [3.05, 3.63) is 188 Å². The van der Waals surface area contributed by atoms with E-state index in [0.29, 0.717) is 17.5 Å². The highest BCUT2D eigenvalue weighted by Crippen LogP contribution is 2.39. The number of hydrogen-bond donors (Lipinski definition) is 0. The summed E-state index contributed by atoms with van der Waals surface area (Å²) in [7, 11) is 0. The number of hydrogen-bond acceptors (Lipinski definition) is 4. The molecule has 256 valence electrons. The first-order valence-corrected chi connectivity index (χ1v) is 18.5. The average molecular weight is 702 g/mol. The lowest BCUT2D eigenvalue weighted by atomic mass is 9.94. The summed E-state index contributed by atoms with van der Waals surface area (Å²) in [5, 5.41) is 9.43. The molecule has 4 heteroatoms. The van der Waals surface area contributed by atoms with Gasteiger partial charge in [0.15, 0.2) is 17.5 Å². The molecular formula is C51H31N3O. The third kappa shape index (κ3) is 5.34. The van der Waals surface area contributed by atoms with Crippen molar-refractivity contribution >= 4 is 54.3 Å². The quantitative estimate of drug-likeness (QED) is 0.168. The van der Waals surface area contributed by atoms with Gasteiger partial charge in [0.1, 0.15) is 11.2 Å². The first-order valence-electron chi connectivity index (χ1n) is 18.5. The highest BCUT2D eigenvalue weighted by atomic mass is 16.3. The van der Waals surface area contributed by atoms with Gasteiger partial charge in [0, 0.05) is 27.5 Å². The van der Waals surface area contributed by atoms with Crippen molar-refractivity contribution in [2.75, 3.05) is 0 Å². The number of rotatable bonds is 5. The largest absolute Gasteiger partial charge is 0.456 e. The lowest BCUT2D eigenvalue weighted by Gasteiger charge is -2.10. The Hall–Kier alpha value is -7.43. The zero-order valence-corrected chi connectivity index (χ0v) is 29.6. The van der Waals surface area contributed by atoms with Crippen LogP contribution in [-0.4, -0.2) is 15.0 Å². The van der Waals surface area contributed by atoms with Crippen molar-refractivity contribution < 1.29 is 4.42 Å². The number of aromatic nitrogens is 3. The van der Waals surface area contributed by atoms with Crippen LogP contribution in [0.1, 0.15) is 0 Å². The summed E-state index contributed by atoms with van der Waals surface area (Å²) in [4.78, 5) is 15.1. The van der Waals surface area contributed by atoms with Crippen LogP contribution < -0.4 is 0 Å². The average Bonchev–Trinajstić information content (AvgIpc) is 3.64. The second-order valence-corrected chi connectivity index (χ2v) is 14.0. The van der Waals surface area contributed by atoms with E-state index in [9.17, 15) is 0 Å². The summed E-state index contributed by atoms with van der Waals surface area (Å²) in [6.45, 7) is 0. The lowest BCUT2D eigenvalue weighted by Crippen LogP contribution is -2.00. The number of furan rings is 1. The lowest BCUT2D eigenvalue weighted by molar-refractivity contribution is 0.669. The van der Waals surface area contributed by atoms with E-state index in [4.69, 9.17) is 19.4 Å². The Bertz CT molecular complexity index is 3250. The molecule has 55 heavy (non-hydrogen) atoms. The minimum absolute atomic E-state index is 0.592. The van der Waals surface area contributed by atoms with Gasteiger partial charge in [0.25, 0.3) is 0 Å². The number of benzene rings is 9. The minimum atomic E-state index is 0.592. The van der Waals surface area contributed by atoms with Crippen LogP contribution >= 0.6 is 0 Å². The zero-order valence-electron chi connectivity index (χ0n) is 29.6. The van der Waals surface area contributed by atoms with Gasteiger partial charge >= 0.3 is 0 Å². The van der Waals surface area contributed by atoms with Gasteiger partial charge in [-0.1, -0.05) is 164 Å². The first kappa shape index (κ1) is 31.1. The fraction of sp³-hybridized carbons (Fsp3) is 0. The van der Waals surface area contributed by atoms with Crippen molar-refractivity contribution in [2.45, 2.75) is 0 Å². The van der Waals surface area contributed by atoms with Crippen molar-refractivity contribution in [1.29, 1.82) is 0 Å². The van der Waals surface area contributed by atoms with Crippen LogP contribution in [0.15, 0.2) is 192 Å². The summed E-state index contributed by atoms with van der Waals surface area (Å²) in [6, 6.07) is 65.9. The van der Waals surface area contributed by atoms with E-state index in [0.717, 1.165) is 55.1 Å². The Labute approximate surface area is 317 Å². The molecular weight excluding hydrogens is 671 g/mol. The molecule has 11 aromatic rings. The van der Waals surface area contributed by atoms with E-state index < -0.39 is 0 Å². The number of fused-ring (bicyclic) bond motifs is 7. The van der Waals surface area contributed by atoms with Crippen molar-refractivity contribution in [3.8, 4) is 56.4 Å². The van der Waals surface area contributed by atoms with Gasteiger partial charge in [-0.2, -0.15) is 0 Å². The Morgan fingerprint density at radius 2 is 0.818 bits per heavy atom. The highest BCUT2D eigenvalue weighted by molar-refractivity contribution is 6.13. The van der Waals surface area contributed by atoms with Crippen molar-refractivity contribution in [1.82, 2.24) is 15.0 Å². The number of nitrogens with zero attached hydrogens (tertiary/aromatic N) is 3. The molecule has 2 aromatic heterocycles. The zero-order chi connectivity index (χ0) is 36.3. The van der Waals surface area contributed by atoms with Crippen LogP contribution in [0.3, 0.4) is 0 Å². The summed E-state index contributed by atoms with van der Waals surface area (Å²) in [5.74, 6) is 1.84. The highest BCUT2D eigenvalue weighted by Gasteiger charge is 2.17. The monoisotopic (exact) mass is 701 g/mol. The molecule has 9 aromatic carbocycles. The molecule has 0 aliphatic carbocycles. The smallest absolute Gasteiger partial charge is 0.164 e. The molecule has 0 atom stereocenters. The maximum Gasteiger partial charge on any atom is 0.164 e. The maximum absolute atomic E-state index is 6.56. The molecule has 0 spiro atoms. The minimum Gasteiger partial charge on any atom is -0.456 e. The van der Waals surface area contributed by atoms with E-state index in [1.807, 2.05) is 36.4 Å². The second-order valence-electron chi connectivity index (χ2n) is 14.0. The molecule has 4 nitrogen and oxygen atoms in total. The van der Waals surface area contributed by atoms with Crippen LogP contribution in [0.25, 0.3) is 111 Å². The molecule has 0 radical (unpaired) electrons. The Morgan fingerprint density at radius 3 is 1.60 bits per heavy atom. The first-order chi connectivity index (χ1) is 27.2. The van der Waals surface area contributed by atoms with E-state index in [2.05, 4.69) is 152 Å². The van der Waals surface area contributed by atoms with Gasteiger partial charge in [-0.3, -0.25) is 0 Å². The topological polar surface area (TPSA) is 51.8 Å². The summed E-state index contributed by atoms with van der Waals surface area (Å²) in [5.41, 5.74) is 9.05. The van der Waals surface area contributed by atoms with E-state index in [1.165, 1.54) is 38.1 Å². The van der Waals surface area contributed by atoms with Crippen LogP contribution in [0.5, 0.6) is 0 Å². The van der Waals surface area contributed by atoms with Crippen LogP contribution in [-0.2, 0) is 0 Å². The van der Waals surface area contributed by atoms with Gasteiger partial charge in [-0.15, -0.1) is 0 Å². The van der Waals surface area contributed by atoms with Crippen molar-refractivity contribution in [3.63, 3.8) is 0 Å². The molecule has 2 heterocycles. The summed E-state index contributed by atoms with van der Waals surface area (Å²) >= 11 is 0. The fourth-order valence-corrected chi connectivity index (χ4v) is 8.01. The molecule has 0 aliphatic rings. The molecule has 0 amide bonds. The van der Waals surface area contributed by atoms with Crippen LogP contribution in [0.4, 0.5) is 0 Å². The molecule has 0 fully saturated rings. The summed E-state index contributed by atoms with van der Waals surface area (Å²) < 4.78 is 6.56. The van der Waals surface area contributed by atoms with E-state index >= 15 is 0 Å². The predicted molar refractivity (Wildman–Crippen MR) is 227 cm³/mol. The molecule has 0 aliphatic heterocycles. The molecule has 11 rings (SSSR count). The molecule has 0 saturated heterocycles. The SMILES string of the molecule is c1ccc(-c2nc(-c3ccc4c(ccc5ccccc54)c3)nc(-c3ccc4c(c3)oc3cccc(-c5ccc(-c6cccc7ccccc67)cc5)c34)n2)cc1. The molecule has 0 saturated carbocycles. The maximum atomic E-state index is 6.56. The van der Waals surface area contributed by atoms with E-state index in [-0.39, 0.29) is 0 Å². The fourth-order valence-electron chi connectivity index (χ4n) is 8.01. The third-order valence-corrected chi connectivity index (χ3v) is 10.7. The molecule has 0 N–H and O–H groups in total. The third-order valence-electron chi connectivity index (χ3n) is 10.7. The molecule has 0 bridgehead atoms. The van der Waals surface area contributed by atoms with Crippen LogP contribution in [0.2, 0.25) is 0 Å². The Balaban J connectivity index is 1.01. The van der Waals surface area contributed by atoms with Crippen molar-refractivity contribution in [2.24, 2.45) is 0 Å². The van der Waals surface area contributed by atoms with E-state index in [1.54, 1.807) is 0 Å². The predicted octanol–water partition coefficient (Wildman–Crippen LogP) is 13.6. The summed E-state index contributed by atoms with van der Waals surface area (Å²) in [6.07, 6.45) is 0. The second kappa shape index (κ2) is 12.6.